The molecule has 0 fully saturated rings. The van der Waals surface area contributed by atoms with E-state index in [2.05, 4.69) is 26.0 Å². The van der Waals surface area contributed by atoms with Gasteiger partial charge in [0.1, 0.15) is 0 Å². The topological polar surface area (TPSA) is 63.3 Å². The van der Waals surface area contributed by atoms with Crippen molar-refractivity contribution in [1.29, 1.82) is 0 Å². The second-order valence-electron chi connectivity index (χ2n) is 4.16. The first-order valence-corrected chi connectivity index (χ1v) is 5.67. The first-order valence-electron chi connectivity index (χ1n) is 5.67. The molecule has 15 heavy (non-hydrogen) atoms. The van der Waals surface area contributed by atoms with E-state index in [-0.39, 0.29) is 12.3 Å². The smallest absolute Gasteiger partial charge is 0.303 e. The molecule has 0 bridgehead atoms. The Balaban J connectivity index is 3.84. The lowest BCUT2D eigenvalue weighted by molar-refractivity contribution is -0.138. The van der Waals surface area contributed by atoms with Crippen LogP contribution in [0.5, 0.6) is 0 Å². The van der Waals surface area contributed by atoms with Crippen LogP contribution >= 0.6 is 0 Å². The van der Waals surface area contributed by atoms with Gasteiger partial charge in [-0.25, -0.2) is 0 Å². The zero-order valence-corrected chi connectivity index (χ0v) is 9.78. The molecule has 0 heterocycles. The van der Waals surface area contributed by atoms with Gasteiger partial charge in [-0.15, -0.1) is 0 Å². The minimum absolute atomic E-state index is 0.118. The molecule has 0 aromatic rings. The maximum absolute atomic E-state index is 10.5. The average Bonchev–Trinajstić information content (AvgIpc) is 2.16. The van der Waals surface area contributed by atoms with Crippen LogP contribution in [0.3, 0.4) is 0 Å². The number of nitrogens with two attached hydrogens (primary N) is 1. The molecule has 0 aromatic heterocycles. The highest BCUT2D eigenvalue weighted by molar-refractivity contribution is 5.67. The summed E-state index contributed by atoms with van der Waals surface area (Å²) >= 11 is 0. The van der Waals surface area contributed by atoms with Gasteiger partial charge in [0.25, 0.3) is 0 Å². The van der Waals surface area contributed by atoms with Gasteiger partial charge in [0, 0.05) is 6.42 Å². The van der Waals surface area contributed by atoms with Crippen LogP contribution in [0.4, 0.5) is 0 Å². The summed E-state index contributed by atoms with van der Waals surface area (Å²) in [5.41, 5.74) is 5.54. The van der Waals surface area contributed by atoms with Crippen molar-refractivity contribution in [3.63, 3.8) is 0 Å². The van der Waals surface area contributed by atoms with E-state index in [1.807, 2.05) is 0 Å². The van der Waals surface area contributed by atoms with Crippen molar-refractivity contribution >= 4 is 5.97 Å². The number of rotatable bonds is 8. The predicted molar refractivity (Wildman–Crippen MR) is 62.6 cm³/mol. The van der Waals surface area contributed by atoms with E-state index < -0.39 is 5.97 Å². The van der Waals surface area contributed by atoms with E-state index in [4.69, 9.17) is 10.8 Å². The molecule has 3 nitrogen and oxygen atoms in total. The van der Waals surface area contributed by atoms with Gasteiger partial charge >= 0.3 is 5.97 Å². The third-order valence-electron chi connectivity index (χ3n) is 2.47. The minimum Gasteiger partial charge on any atom is -0.481 e. The van der Waals surface area contributed by atoms with Crippen molar-refractivity contribution in [3.8, 4) is 0 Å². The van der Waals surface area contributed by atoms with E-state index in [0.29, 0.717) is 12.5 Å². The second kappa shape index (κ2) is 8.48. The Morgan fingerprint density at radius 1 is 1.47 bits per heavy atom. The van der Waals surface area contributed by atoms with Crippen molar-refractivity contribution in [3.05, 3.63) is 12.2 Å². The first kappa shape index (κ1) is 14.2. The van der Waals surface area contributed by atoms with E-state index in [9.17, 15) is 4.79 Å². The van der Waals surface area contributed by atoms with Crippen LogP contribution in [0.25, 0.3) is 0 Å². The van der Waals surface area contributed by atoms with E-state index in [1.165, 1.54) is 0 Å². The van der Waals surface area contributed by atoms with Crippen LogP contribution in [0, 0.1) is 11.8 Å². The quantitative estimate of drug-likeness (QED) is 0.609. The summed E-state index contributed by atoms with van der Waals surface area (Å²) in [5, 5.41) is 8.67. The van der Waals surface area contributed by atoms with Crippen LogP contribution in [-0.4, -0.2) is 17.6 Å². The monoisotopic (exact) mass is 213 g/mol. The van der Waals surface area contributed by atoms with Crippen LogP contribution < -0.4 is 5.73 Å². The fourth-order valence-electron chi connectivity index (χ4n) is 1.67. The number of hydrogen-bond acceptors (Lipinski definition) is 2. The van der Waals surface area contributed by atoms with Crippen molar-refractivity contribution in [2.75, 3.05) is 6.54 Å². The maximum Gasteiger partial charge on any atom is 0.303 e. The standard InChI is InChI=1S/C12H23NO2/c1-3-4-5-6-10(2)7-11(9-13)8-12(14)15/h4-5,10-11H,3,6-9,13H2,1-2H3,(H,14,15)/b5-4+. The van der Waals surface area contributed by atoms with Gasteiger partial charge in [-0.05, 0) is 37.6 Å². The molecular formula is C12H23NO2. The lowest BCUT2D eigenvalue weighted by Gasteiger charge is -2.16. The first-order chi connectivity index (χ1) is 7.10. The van der Waals surface area contributed by atoms with Gasteiger partial charge in [0.05, 0.1) is 0 Å². The SMILES string of the molecule is CC/C=C/CC(C)CC(CN)CC(=O)O. The third-order valence-corrected chi connectivity index (χ3v) is 2.47. The number of carboxylic acid groups (broad SMARTS) is 1. The summed E-state index contributed by atoms with van der Waals surface area (Å²) in [6.07, 6.45) is 7.48. The van der Waals surface area contributed by atoms with Gasteiger partial charge in [-0.1, -0.05) is 26.0 Å². The van der Waals surface area contributed by atoms with Gasteiger partial charge < -0.3 is 10.8 Å². The largest absolute Gasteiger partial charge is 0.481 e. The molecule has 88 valence electrons. The molecule has 2 unspecified atom stereocenters. The Hall–Kier alpha value is -0.830. The lowest BCUT2D eigenvalue weighted by atomic mass is 9.91. The Morgan fingerprint density at radius 3 is 2.60 bits per heavy atom. The van der Waals surface area contributed by atoms with Crippen LogP contribution in [-0.2, 0) is 4.79 Å². The van der Waals surface area contributed by atoms with Gasteiger partial charge in [-0.3, -0.25) is 4.79 Å². The number of aliphatic carboxylic acids is 1. The molecule has 0 aliphatic heterocycles. The van der Waals surface area contributed by atoms with Gasteiger partial charge in [0.2, 0.25) is 0 Å². The zero-order valence-electron chi connectivity index (χ0n) is 9.78. The molecule has 3 N–H and O–H groups in total. The number of hydrogen-bond donors (Lipinski definition) is 2. The summed E-state index contributed by atoms with van der Waals surface area (Å²) in [7, 11) is 0. The summed E-state index contributed by atoms with van der Waals surface area (Å²) in [6, 6.07) is 0. The number of carbonyl (C=O) groups is 1. The molecule has 0 saturated heterocycles. The molecule has 0 saturated carbocycles. The van der Waals surface area contributed by atoms with Crippen LogP contribution in [0.2, 0.25) is 0 Å². The molecule has 0 rings (SSSR count). The molecule has 0 spiro atoms. The van der Waals surface area contributed by atoms with E-state index >= 15 is 0 Å². The normalized spacial score (nSPS) is 15.4. The highest BCUT2D eigenvalue weighted by Crippen LogP contribution is 2.18. The number of carboxylic acids is 1. The molecular weight excluding hydrogens is 190 g/mol. The molecule has 0 aliphatic rings. The Labute approximate surface area is 92.4 Å². The van der Waals surface area contributed by atoms with E-state index in [0.717, 1.165) is 19.3 Å². The Bertz CT molecular complexity index is 202. The van der Waals surface area contributed by atoms with Crippen molar-refractivity contribution in [1.82, 2.24) is 0 Å². The van der Waals surface area contributed by atoms with Crippen molar-refractivity contribution < 1.29 is 9.90 Å². The number of allylic oxidation sites excluding steroid dienone is 2. The molecule has 3 heteroatoms. The van der Waals surface area contributed by atoms with Crippen molar-refractivity contribution in [2.24, 2.45) is 17.6 Å². The van der Waals surface area contributed by atoms with Gasteiger partial charge in [0.15, 0.2) is 0 Å². The molecule has 0 aromatic carbocycles. The summed E-state index contributed by atoms with van der Waals surface area (Å²) in [5.74, 6) is -0.116. The average molecular weight is 213 g/mol. The molecule has 2 atom stereocenters. The third kappa shape index (κ3) is 8.18. The van der Waals surface area contributed by atoms with E-state index in [1.54, 1.807) is 0 Å². The minimum atomic E-state index is -0.748. The van der Waals surface area contributed by atoms with Gasteiger partial charge in [-0.2, -0.15) is 0 Å². The summed E-state index contributed by atoms with van der Waals surface area (Å²) < 4.78 is 0. The maximum atomic E-state index is 10.5. The Morgan fingerprint density at radius 2 is 2.13 bits per heavy atom. The van der Waals surface area contributed by atoms with Crippen LogP contribution in [0.15, 0.2) is 12.2 Å². The molecule has 0 radical (unpaired) electrons. The predicted octanol–water partition coefficient (Wildman–Crippen LogP) is 2.42. The summed E-state index contributed by atoms with van der Waals surface area (Å²) in [4.78, 5) is 10.5. The molecule has 0 amide bonds. The zero-order chi connectivity index (χ0) is 11.7. The molecule has 0 aliphatic carbocycles. The highest BCUT2D eigenvalue weighted by Gasteiger charge is 2.14. The Kier molecular flexibility index (Phi) is 8.01. The lowest BCUT2D eigenvalue weighted by Crippen LogP contribution is -2.20. The highest BCUT2D eigenvalue weighted by atomic mass is 16.4. The fourth-order valence-corrected chi connectivity index (χ4v) is 1.67. The fraction of sp³-hybridized carbons (Fsp3) is 0.750. The van der Waals surface area contributed by atoms with Crippen molar-refractivity contribution in [2.45, 2.75) is 39.5 Å². The summed E-state index contributed by atoms with van der Waals surface area (Å²) in [6.45, 7) is 4.72. The second-order valence-corrected chi connectivity index (χ2v) is 4.16. The van der Waals surface area contributed by atoms with Crippen LogP contribution in [0.1, 0.15) is 39.5 Å².